The maximum atomic E-state index is 12.7. The molecular formula is C21H23ClN4O3S. The Morgan fingerprint density at radius 1 is 1.23 bits per heavy atom. The molecule has 1 fully saturated rings. The van der Waals surface area contributed by atoms with Crippen molar-refractivity contribution in [3.63, 3.8) is 0 Å². The van der Waals surface area contributed by atoms with Gasteiger partial charge in [-0.25, -0.2) is 17.7 Å². The summed E-state index contributed by atoms with van der Waals surface area (Å²) >= 11 is 6.26. The number of imidazole rings is 1. The summed E-state index contributed by atoms with van der Waals surface area (Å²) < 4.78 is 25.4. The van der Waals surface area contributed by atoms with Gasteiger partial charge in [-0.3, -0.25) is 4.79 Å². The predicted octanol–water partition coefficient (Wildman–Crippen LogP) is 3.88. The first kappa shape index (κ1) is 20.8. The highest BCUT2D eigenvalue weighted by molar-refractivity contribution is 7.89. The van der Waals surface area contributed by atoms with Crippen LogP contribution in [0.2, 0.25) is 5.02 Å². The monoisotopic (exact) mass is 446 g/mol. The van der Waals surface area contributed by atoms with E-state index in [1.807, 2.05) is 42.5 Å². The molecule has 0 atom stereocenters. The number of carbonyl (C=O) groups is 1. The molecule has 0 aliphatic carbocycles. The summed E-state index contributed by atoms with van der Waals surface area (Å²) in [6, 6.07) is 13.0. The van der Waals surface area contributed by atoms with Crippen LogP contribution in [0.25, 0.3) is 22.4 Å². The number of aromatic nitrogens is 2. The van der Waals surface area contributed by atoms with Crippen LogP contribution in [0, 0.1) is 5.92 Å². The maximum Gasteiger partial charge on any atom is 0.227 e. The van der Waals surface area contributed by atoms with Gasteiger partial charge in [-0.1, -0.05) is 23.7 Å². The molecule has 1 amide bonds. The average molecular weight is 447 g/mol. The summed E-state index contributed by atoms with van der Waals surface area (Å²) in [5.41, 5.74) is 3.06. The Labute approximate surface area is 180 Å². The number of nitrogens with one attached hydrogen (secondary N) is 2. The number of hydrogen-bond donors (Lipinski definition) is 2. The molecule has 7 nitrogen and oxygen atoms in total. The second kappa shape index (κ2) is 8.37. The number of carbonyl (C=O) groups excluding carboxylic acids is 1. The molecule has 9 heteroatoms. The lowest BCUT2D eigenvalue weighted by molar-refractivity contribution is -0.120. The van der Waals surface area contributed by atoms with Crippen LogP contribution >= 0.6 is 11.6 Å². The fraction of sp³-hybridized carbons (Fsp3) is 0.333. The van der Waals surface area contributed by atoms with Gasteiger partial charge in [0.15, 0.2) is 0 Å². The zero-order chi connectivity index (χ0) is 21.3. The lowest BCUT2D eigenvalue weighted by Gasteiger charge is -2.30. The van der Waals surface area contributed by atoms with E-state index >= 15 is 0 Å². The molecule has 1 aromatic heterocycles. The van der Waals surface area contributed by atoms with E-state index in [2.05, 4.69) is 15.3 Å². The second-order valence-corrected chi connectivity index (χ2v) is 10.0. The van der Waals surface area contributed by atoms with Gasteiger partial charge in [0.05, 0.1) is 21.8 Å². The van der Waals surface area contributed by atoms with Crippen molar-refractivity contribution in [1.29, 1.82) is 0 Å². The van der Waals surface area contributed by atoms with Gasteiger partial charge in [-0.2, -0.15) is 0 Å². The third kappa shape index (κ3) is 4.21. The largest absolute Gasteiger partial charge is 0.338 e. The van der Waals surface area contributed by atoms with Crippen LogP contribution in [0.1, 0.15) is 19.8 Å². The van der Waals surface area contributed by atoms with Gasteiger partial charge in [0.1, 0.15) is 5.82 Å². The number of anilines is 1. The summed E-state index contributed by atoms with van der Waals surface area (Å²) in [6.45, 7) is 2.40. The Morgan fingerprint density at radius 2 is 1.97 bits per heavy atom. The number of sulfonamides is 1. The van der Waals surface area contributed by atoms with E-state index in [0.717, 1.165) is 16.6 Å². The van der Waals surface area contributed by atoms with Crippen LogP contribution in [0.3, 0.4) is 0 Å². The SMILES string of the molecule is CCS(=O)(=O)N1CCC(C(=O)Nc2ccc3nc(-c4ccccc4Cl)[nH]c3c2)CC1. The topological polar surface area (TPSA) is 95.2 Å². The van der Waals surface area contributed by atoms with Gasteiger partial charge in [-0.05, 0) is 50.1 Å². The highest BCUT2D eigenvalue weighted by atomic mass is 35.5. The number of amides is 1. The quantitative estimate of drug-likeness (QED) is 0.621. The first-order valence-corrected chi connectivity index (χ1v) is 11.9. The number of H-pyrrole nitrogens is 1. The third-order valence-corrected chi connectivity index (χ3v) is 7.67. The first-order valence-electron chi connectivity index (χ1n) is 9.91. The zero-order valence-electron chi connectivity index (χ0n) is 16.6. The average Bonchev–Trinajstić information content (AvgIpc) is 3.17. The van der Waals surface area contributed by atoms with Crippen molar-refractivity contribution < 1.29 is 13.2 Å². The molecule has 4 rings (SSSR count). The smallest absolute Gasteiger partial charge is 0.227 e. The fourth-order valence-electron chi connectivity index (χ4n) is 3.69. The van der Waals surface area contributed by atoms with Crippen molar-refractivity contribution in [3.05, 3.63) is 47.5 Å². The number of fused-ring (bicyclic) bond motifs is 1. The molecule has 30 heavy (non-hydrogen) atoms. The molecule has 1 aliphatic rings. The van der Waals surface area contributed by atoms with E-state index in [0.29, 0.717) is 42.5 Å². The Bertz CT molecular complexity index is 1180. The molecule has 0 unspecified atom stereocenters. The molecular weight excluding hydrogens is 424 g/mol. The van der Waals surface area contributed by atoms with Crippen LogP contribution in [0.15, 0.2) is 42.5 Å². The Hall–Kier alpha value is -2.42. The van der Waals surface area contributed by atoms with Crippen molar-refractivity contribution in [3.8, 4) is 11.4 Å². The fourth-order valence-corrected chi connectivity index (χ4v) is 5.05. The summed E-state index contributed by atoms with van der Waals surface area (Å²) in [5.74, 6) is 0.464. The summed E-state index contributed by atoms with van der Waals surface area (Å²) in [7, 11) is -3.20. The maximum absolute atomic E-state index is 12.7. The highest BCUT2D eigenvalue weighted by Gasteiger charge is 2.30. The minimum atomic E-state index is -3.20. The number of aromatic amines is 1. The summed E-state index contributed by atoms with van der Waals surface area (Å²) in [5, 5.41) is 3.56. The van der Waals surface area contributed by atoms with E-state index in [9.17, 15) is 13.2 Å². The van der Waals surface area contributed by atoms with Gasteiger partial charge >= 0.3 is 0 Å². The van der Waals surface area contributed by atoms with Crippen molar-refractivity contribution in [2.75, 3.05) is 24.2 Å². The summed E-state index contributed by atoms with van der Waals surface area (Å²) in [4.78, 5) is 20.5. The number of hydrogen-bond acceptors (Lipinski definition) is 4. The lowest BCUT2D eigenvalue weighted by Crippen LogP contribution is -2.42. The Balaban J connectivity index is 1.45. The van der Waals surface area contributed by atoms with E-state index in [1.54, 1.807) is 6.92 Å². The predicted molar refractivity (Wildman–Crippen MR) is 119 cm³/mol. The van der Waals surface area contributed by atoms with Gasteiger partial charge < -0.3 is 10.3 Å². The Morgan fingerprint density at radius 3 is 2.67 bits per heavy atom. The van der Waals surface area contributed by atoms with Crippen molar-refractivity contribution in [2.45, 2.75) is 19.8 Å². The van der Waals surface area contributed by atoms with Crippen LogP contribution < -0.4 is 5.32 Å². The highest BCUT2D eigenvalue weighted by Crippen LogP contribution is 2.28. The molecule has 0 bridgehead atoms. The third-order valence-electron chi connectivity index (χ3n) is 5.46. The molecule has 2 N–H and O–H groups in total. The van der Waals surface area contributed by atoms with Crippen molar-refractivity contribution in [1.82, 2.24) is 14.3 Å². The molecule has 1 aliphatic heterocycles. The van der Waals surface area contributed by atoms with Crippen LogP contribution in [-0.4, -0.2) is 47.4 Å². The van der Waals surface area contributed by atoms with E-state index in [4.69, 9.17) is 11.6 Å². The van der Waals surface area contributed by atoms with Gasteiger partial charge in [0.25, 0.3) is 0 Å². The molecule has 2 aromatic carbocycles. The van der Waals surface area contributed by atoms with E-state index in [-0.39, 0.29) is 17.6 Å². The van der Waals surface area contributed by atoms with Crippen LogP contribution in [0.4, 0.5) is 5.69 Å². The minimum Gasteiger partial charge on any atom is -0.338 e. The number of halogens is 1. The second-order valence-electron chi connectivity index (χ2n) is 7.36. The molecule has 158 valence electrons. The van der Waals surface area contributed by atoms with Crippen LogP contribution in [0.5, 0.6) is 0 Å². The number of benzene rings is 2. The van der Waals surface area contributed by atoms with E-state index < -0.39 is 10.0 Å². The molecule has 2 heterocycles. The van der Waals surface area contributed by atoms with E-state index in [1.165, 1.54) is 4.31 Å². The molecule has 0 radical (unpaired) electrons. The normalized spacial score (nSPS) is 16.1. The minimum absolute atomic E-state index is 0.0875. The zero-order valence-corrected chi connectivity index (χ0v) is 18.1. The molecule has 1 saturated heterocycles. The molecule has 0 spiro atoms. The summed E-state index contributed by atoms with van der Waals surface area (Å²) in [6.07, 6.45) is 1.04. The molecule has 0 saturated carbocycles. The Kier molecular flexibility index (Phi) is 5.81. The lowest BCUT2D eigenvalue weighted by atomic mass is 9.97. The number of nitrogens with zero attached hydrogens (tertiary/aromatic N) is 2. The number of piperidine rings is 1. The molecule has 3 aromatic rings. The van der Waals surface area contributed by atoms with Gasteiger partial charge in [0.2, 0.25) is 15.9 Å². The van der Waals surface area contributed by atoms with Crippen molar-refractivity contribution in [2.24, 2.45) is 5.92 Å². The van der Waals surface area contributed by atoms with Crippen molar-refractivity contribution >= 4 is 44.3 Å². The van der Waals surface area contributed by atoms with Gasteiger partial charge in [-0.15, -0.1) is 0 Å². The van der Waals surface area contributed by atoms with Crippen LogP contribution in [-0.2, 0) is 14.8 Å². The standard InChI is InChI=1S/C21H23ClN4O3S/c1-2-30(28,29)26-11-9-14(10-12-26)21(27)23-15-7-8-18-19(13-15)25-20(24-18)16-5-3-4-6-17(16)22/h3-8,13-14H,2,9-12H2,1H3,(H,23,27)(H,24,25). The van der Waals surface area contributed by atoms with Gasteiger partial charge in [0, 0.05) is 30.3 Å². The number of rotatable bonds is 5. The first-order chi connectivity index (χ1) is 14.4.